The van der Waals surface area contributed by atoms with E-state index >= 15 is 0 Å². The fourth-order valence-corrected chi connectivity index (χ4v) is 4.95. The Morgan fingerprint density at radius 1 is 1.24 bits per heavy atom. The highest BCUT2D eigenvalue weighted by molar-refractivity contribution is 7.91. The smallest absolute Gasteiger partial charge is 0.207 e. The van der Waals surface area contributed by atoms with Crippen LogP contribution in [0.4, 0.5) is 0 Å². The van der Waals surface area contributed by atoms with Gasteiger partial charge in [-0.3, -0.25) is 0 Å². The molecular weight excluding hydrogens is 301 g/mol. The van der Waals surface area contributed by atoms with Crippen LogP contribution in [0.3, 0.4) is 0 Å². The lowest BCUT2D eigenvalue weighted by Crippen LogP contribution is -2.37. The maximum atomic E-state index is 12.0. The highest BCUT2D eigenvalue weighted by Gasteiger charge is 2.25. The first-order valence-electron chi connectivity index (χ1n) is 5.39. The van der Waals surface area contributed by atoms with E-state index in [1.54, 1.807) is 6.07 Å². The Balaban J connectivity index is 2.03. The van der Waals surface area contributed by atoms with Crippen LogP contribution >= 0.6 is 34.5 Å². The van der Waals surface area contributed by atoms with Crippen molar-refractivity contribution in [1.82, 2.24) is 4.72 Å². The molecule has 2 rings (SSSR count). The topological polar surface area (TPSA) is 46.2 Å². The SMILES string of the molecule is O=S(=O)(NC1CCC(Cl)CC1)c1ccc(Cl)s1. The van der Waals surface area contributed by atoms with Gasteiger partial charge in [-0.25, -0.2) is 13.1 Å². The van der Waals surface area contributed by atoms with Crippen LogP contribution in [0.5, 0.6) is 0 Å². The third-order valence-corrected chi connectivity index (χ3v) is 6.47. The molecule has 7 heteroatoms. The van der Waals surface area contributed by atoms with Gasteiger partial charge in [-0.2, -0.15) is 0 Å². The van der Waals surface area contributed by atoms with E-state index in [0.29, 0.717) is 4.34 Å². The van der Waals surface area contributed by atoms with Crippen molar-refractivity contribution in [3.05, 3.63) is 16.5 Å². The average molecular weight is 314 g/mol. The van der Waals surface area contributed by atoms with E-state index in [0.717, 1.165) is 37.0 Å². The summed E-state index contributed by atoms with van der Waals surface area (Å²) in [4.78, 5) is 0. The number of rotatable bonds is 3. The highest BCUT2D eigenvalue weighted by atomic mass is 35.5. The Bertz CT molecular complexity index is 478. The molecule has 1 aliphatic carbocycles. The number of thiophene rings is 1. The molecule has 1 heterocycles. The molecule has 1 aromatic rings. The minimum Gasteiger partial charge on any atom is -0.207 e. The van der Waals surface area contributed by atoms with Crippen LogP contribution in [0.15, 0.2) is 16.3 Å². The summed E-state index contributed by atoms with van der Waals surface area (Å²) in [5.41, 5.74) is 0. The molecule has 0 bridgehead atoms. The van der Waals surface area contributed by atoms with Crippen LogP contribution in [-0.4, -0.2) is 19.8 Å². The highest BCUT2D eigenvalue weighted by Crippen LogP contribution is 2.28. The monoisotopic (exact) mass is 313 g/mol. The van der Waals surface area contributed by atoms with Crippen LogP contribution < -0.4 is 4.72 Å². The van der Waals surface area contributed by atoms with Crippen LogP contribution in [0.25, 0.3) is 0 Å². The van der Waals surface area contributed by atoms with Crippen molar-refractivity contribution in [1.29, 1.82) is 0 Å². The molecule has 0 amide bonds. The second kappa shape index (κ2) is 5.45. The summed E-state index contributed by atoms with van der Waals surface area (Å²) in [5.74, 6) is 0. The zero-order valence-corrected chi connectivity index (χ0v) is 12.2. The first-order valence-corrected chi connectivity index (χ1v) is 8.50. The maximum Gasteiger partial charge on any atom is 0.250 e. The second-order valence-electron chi connectivity index (χ2n) is 4.13. The minimum absolute atomic E-state index is 0.00382. The standard InChI is InChI=1S/C10H13Cl2NO2S2/c11-7-1-3-8(4-2-7)13-17(14,15)10-6-5-9(12)16-10/h5-8,13H,1-4H2. The van der Waals surface area contributed by atoms with Crippen molar-refractivity contribution in [3.8, 4) is 0 Å². The van der Waals surface area contributed by atoms with Gasteiger partial charge in [0.25, 0.3) is 0 Å². The number of alkyl halides is 1. The van der Waals surface area contributed by atoms with Crippen molar-refractivity contribution in [2.45, 2.75) is 41.3 Å². The van der Waals surface area contributed by atoms with Gasteiger partial charge >= 0.3 is 0 Å². The fourth-order valence-electron chi connectivity index (χ4n) is 1.89. The molecule has 0 saturated heterocycles. The van der Waals surface area contributed by atoms with Crippen LogP contribution in [-0.2, 0) is 10.0 Å². The van der Waals surface area contributed by atoms with Gasteiger partial charge < -0.3 is 0 Å². The number of nitrogens with one attached hydrogen (secondary N) is 1. The lowest BCUT2D eigenvalue weighted by molar-refractivity contribution is 0.417. The van der Waals surface area contributed by atoms with Crippen LogP contribution in [0.1, 0.15) is 25.7 Å². The first kappa shape index (κ1) is 13.6. The van der Waals surface area contributed by atoms with Gasteiger partial charge in [0.05, 0.1) is 4.34 Å². The van der Waals surface area contributed by atoms with Gasteiger partial charge in [-0.1, -0.05) is 11.6 Å². The lowest BCUT2D eigenvalue weighted by Gasteiger charge is -2.25. The first-order chi connectivity index (χ1) is 7.97. The lowest BCUT2D eigenvalue weighted by atomic mass is 9.96. The second-order valence-corrected chi connectivity index (χ2v) is 8.40. The Hall–Kier alpha value is 0.190. The molecule has 0 spiro atoms. The predicted octanol–water partition coefficient (Wildman–Crippen LogP) is 3.23. The Morgan fingerprint density at radius 3 is 2.41 bits per heavy atom. The van der Waals surface area contributed by atoms with E-state index in [4.69, 9.17) is 23.2 Å². The molecule has 0 radical (unpaired) electrons. The van der Waals surface area contributed by atoms with E-state index in [2.05, 4.69) is 4.72 Å². The Labute approximate surface area is 115 Å². The molecule has 0 atom stereocenters. The number of halogens is 2. The predicted molar refractivity (Wildman–Crippen MR) is 71.5 cm³/mol. The Morgan fingerprint density at radius 2 is 1.88 bits per heavy atom. The molecule has 1 aromatic heterocycles. The summed E-state index contributed by atoms with van der Waals surface area (Å²) in [5, 5.41) is 0.187. The third kappa shape index (κ3) is 3.58. The summed E-state index contributed by atoms with van der Waals surface area (Å²) < 4.78 is 27.5. The zero-order valence-electron chi connectivity index (χ0n) is 9.03. The summed E-state index contributed by atoms with van der Waals surface area (Å²) in [6, 6.07) is 3.12. The maximum absolute atomic E-state index is 12.0. The molecule has 0 aromatic carbocycles. The van der Waals surface area contributed by atoms with E-state index in [-0.39, 0.29) is 15.6 Å². The minimum atomic E-state index is -3.42. The molecule has 0 unspecified atom stereocenters. The van der Waals surface area contributed by atoms with E-state index in [9.17, 15) is 8.42 Å². The average Bonchev–Trinajstić information content (AvgIpc) is 2.69. The third-order valence-electron chi connectivity index (χ3n) is 2.79. The largest absolute Gasteiger partial charge is 0.250 e. The molecule has 1 saturated carbocycles. The van der Waals surface area contributed by atoms with Gasteiger partial charge in [0.15, 0.2) is 0 Å². The normalized spacial score (nSPS) is 26.0. The summed E-state index contributed by atoms with van der Waals surface area (Å²) >= 11 is 12.8. The van der Waals surface area contributed by atoms with Crippen molar-refractivity contribution in [3.63, 3.8) is 0 Å². The fraction of sp³-hybridized carbons (Fsp3) is 0.600. The Kier molecular flexibility index (Phi) is 4.36. The molecule has 0 aliphatic heterocycles. The van der Waals surface area contributed by atoms with Gasteiger partial charge in [0.2, 0.25) is 10.0 Å². The van der Waals surface area contributed by atoms with E-state index < -0.39 is 10.0 Å². The van der Waals surface area contributed by atoms with Crippen molar-refractivity contribution >= 4 is 44.6 Å². The van der Waals surface area contributed by atoms with Gasteiger partial charge in [0.1, 0.15) is 4.21 Å². The summed E-state index contributed by atoms with van der Waals surface area (Å²) in [6.07, 6.45) is 3.32. The number of hydrogen-bond acceptors (Lipinski definition) is 3. The van der Waals surface area contributed by atoms with Gasteiger partial charge in [-0.05, 0) is 37.8 Å². The van der Waals surface area contributed by atoms with Crippen molar-refractivity contribution in [2.24, 2.45) is 0 Å². The molecule has 1 N–H and O–H groups in total. The van der Waals surface area contributed by atoms with Crippen molar-refractivity contribution in [2.75, 3.05) is 0 Å². The number of hydrogen-bond donors (Lipinski definition) is 1. The number of sulfonamides is 1. The van der Waals surface area contributed by atoms with Gasteiger partial charge in [-0.15, -0.1) is 22.9 Å². The molecule has 96 valence electrons. The molecule has 3 nitrogen and oxygen atoms in total. The molecule has 17 heavy (non-hydrogen) atoms. The quantitative estimate of drug-likeness (QED) is 0.871. The summed E-state index contributed by atoms with van der Waals surface area (Å²) in [6.45, 7) is 0. The molecular formula is C10H13Cl2NO2S2. The van der Waals surface area contributed by atoms with Gasteiger partial charge in [0, 0.05) is 11.4 Å². The van der Waals surface area contributed by atoms with Crippen LogP contribution in [0.2, 0.25) is 4.34 Å². The van der Waals surface area contributed by atoms with E-state index in [1.807, 2.05) is 0 Å². The van der Waals surface area contributed by atoms with Crippen molar-refractivity contribution < 1.29 is 8.42 Å². The summed E-state index contributed by atoms with van der Waals surface area (Å²) in [7, 11) is -3.42. The van der Waals surface area contributed by atoms with E-state index in [1.165, 1.54) is 6.07 Å². The molecule has 1 fully saturated rings. The zero-order chi connectivity index (χ0) is 12.5. The van der Waals surface area contributed by atoms with Crippen LogP contribution in [0, 0.1) is 0 Å². The molecule has 1 aliphatic rings.